The van der Waals surface area contributed by atoms with Gasteiger partial charge in [0, 0.05) is 31.5 Å². The van der Waals surface area contributed by atoms with Crippen LogP contribution in [0.4, 0.5) is 0 Å². The lowest BCUT2D eigenvalue weighted by atomic mass is 10.1. The number of rotatable bonds is 7. The SMILES string of the molecule is O=C(COC[C@H]1CCCCO1)NCCc1cnc[nH]1. The number of nitrogens with zero attached hydrogens (tertiary/aromatic N) is 1. The second kappa shape index (κ2) is 7.91. The van der Waals surface area contributed by atoms with Crippen molar-refractivity contribution in [2.75, 3.05) is 26.4 Å². The molecule has 1 atom stereocenters. The van der Waals surface area contributed by atoms with Gasteiger partial charge >= 0.3 is 0 Å². The van der Waals surface area contributed by atoms with E-state index in [-0.39, 0.29) is 18.6 Å². The molecule has 1 aromatic rings. The Morgan fingerprint density at radius 1 is 1.58 bits per heavy atom. The normalized spacial score (nSPS) is 19.3. The van der Waals surface area contributed by atoms with E-state index in [1.54, 1.807) is 12.5 Å². The molecule has 1 fully saturated rings. The minimum Gasteiger partial charge on any atom is -0.376 e. The lowest BCUT2D eigenvalue weighted by Gasteiger charge is -2.22. The molecule has 1 amide bonds. The fourth-order valence-corrected chi connectivity index (χ4v) is 2.03. The van der Waals surface area contributed by atoms with Crippen molar-refractivity contribution >= 4 is 5.91 Å². The molecule has 2 heterocycles. The molecule has 6 nitrogen and oxygen atoms in total. The van der Waals surface area contributed by atoms with Crippen LogP contribution in [0.25, 0.3) is 0 Å². The predicted octanol–water partition coefficient (Wildman–Crippen LogP) is 0.654. The molecule has 6 heteroatoms. The maximum Gasteiger partial charge on any atom is 0.246 e. The fraction of sp³-hybridized carbons (Fsp3) is 0.692. The Bertz CT molecular complexity index is 361. The Balaban J connectivity index is 1.49. The quantitative estimate of drug-likeness (QED) is 0.760. The third kappa shape index (κ3) is 5.40. The summed E-state index contributed by atoms with van der Waals surface area (Å²) in [7, 11) is 0. The van der Waals surface area contributed by atoms with Gasteiger partial charge in [-0.05, 0) is 19.3 Å². The van der Waals surface area contributed by atoms with E-state index < -0.39 is 0 Å². The zero-order valence-corrected chi connectivity index (χ0v) is 11.1. The summed E-state index contributed by atoms with van der Waals surface area (Å²) in [5, 5.41) is 2.81. The van der Waals surface area contributed by atoms with Crippen LogP contribution in [0.2, 0.25) is 0 Å². The first-order valence-electron chi connectivity index (χ1n) is 6.78. The van der Waals surface area contributed by atoms with Crippen molar-refractivity contribution in [2.24, 2.45) is 0 Å². The van der Waals surface area contributed by atoms with Crippen molar-refractivity contribution < 1.29 is 14.3 Å². The van der Waals surface area contributed by atoms with Gasteiger partial charge in [-0.1, -0.05) is 0 Å². The third-order valence-electron chi connectivity index (χ3n) is 3.08. The molecule has 0 spiro atoms. The number of aromatic nitrogens is 2. The van der Waals surface area contributed by atoms with Gasteiger partial charge in [-0.2, -0.15) is 0 Å². The Kier molecular flexibility index (Phi) is 5.84. The number of carbonyl (C=O) groups is 1. The summed E-state index contributed by atoms with van der Waals surface area (Å²) in [6, 6.07) is 0. The number of nitrogens with one attached hydrogen (secondary N) is 2. The Labute approximate surface area is 112 Å². The molecule has 0 radical (unpaired) electrons. The van der Waals surface area contributed by atoms with E-state index in [9.17, 15) is 4.79 Å². The molecule has 0 bridgehead atoms. The molecule has 1 aromatic heterocycles. The Morgan fingerprint density at radius 3 is 3.26 bits per heavy atom. The van der Waals surface area contributed by atoms with Crippen LogP contribution in [0.3, 0.4) is 0 Å². The van der Waals surface area contributed by atoms with Crippen LogP contribution in [0, 0.1) is 0 Å². The summed E-state index contributed by atoms with van der Waals surface area (Å²) >= 11 is 0. The van der Waals surface area contributed by atoms with Crippen molar-refractivity contribution in [2.45, 2.75) is 31.8 Å². The highest BCUT2D eigenvalue weighted by Crippen LogP contribution is 2.12. The molecule has 1 saturated heterocycles. The first kappa shape index (κ1) is 14.0. The largest absolute Gasteiger partial charge is 0.376 e. The van der Waals surface area contributed by atoms with E-state index >= 15 is 0 Å². The lowest BCUT2D eigenvalue weighted by molar-refractivity contribution is -0.127. The first-order chi connectivity index (χ1) is 9.34. The Morgan fingerprint density at radius 2 is 2.53 bits per heavy atom. The molecule has 2 rings (SSSR count). The number of hydrogen-bond donors (Lipinski definition) is 2. The van der Waals surface area contributed by atoms with E-state index in [4.69, 9.17) is 9.47 Å². The first-order valence-corrected chi connectivity index (χ1v) is 6.78. The van der Waals surface area contributed by atoms with E-state index in [0.717, 1.165) is 31.6 Å². The molecule has 2 N–H and O–H groups in total. The summed E-state index contributed by atoms with van der Waals surface area (Å²) in [5.74, 6) is -0.0877. The van der Waals surface area contributed by atoms with Gasteiger partial charge in [0.25, 0.3) is 0 Å². The average Bonchev–Trinajstić information content (AvgIpc) is 2.93. The second-order valence-electron chi connectivity index (χ2n) is 4.68. The van der Waals surface area contributed by atoms with Gasteiger partial charge < -0.3 is 19.8 Å². The summed E-state index contributed by atoms with van der Waals surface area (Å²) < 4.78 is 10.9. The summed E-state index contributed by atoms with van der Waals surface area (Å²) in [6.07, 6.45) is 7.63. The molecule has 1 aliphatic rings. The van der Waals surface area contributed by atoms with Gasteiger partial charge in [0.2, 0.25) is 5.91 Å². The maximum absolute atomic E-state index is 11.5. The van der Waals surface area contributed by atoms with Crippen LogP contribution >= 0.6 is 0 Å². The van der Waals surface area contributed by atoms with Crippen LogP contribution in [-0.2, 0) is 20.7 Å². The highest BCUT2D eigenvalue weighted by molar-refractivity contribution is 5.77. The zero-order chi connectivity index (χ0) is 13.3. The van der Waals surface area contributed by atoms with Gasteiger partial charge in [0.05, 0.1) is 19.0 Å². The molecule has 0 unspecified atom stereocenters. The molecule has 0 saturated carbocycles. The van der Waals surface area contributed by atoms with Gasteiger partial charge in [0.1, 0.15) is 6.61 Å². The number of H-pyrrole nitrogens is 1. The van der Waals surface area contributed by atoms with E-state index in [2.05, 4.69) is 15.3 Å². The van der Waals surface area contributed by atoms with Gasteiger partial charge in [-0.15, -0.1) is 0 Å². The minimum absolute atomic E-state index is 0.0877. The highest BCUT2D eigenvalue weighted by atomic mass is 16.5. The lowest BCUT2D eigenvalue weighted by Crippen LogP contribution is -2.32. The number of aromatic amines is 1. The van der Waals surface area contributed by atoms with E-state index in [0.29, 0.717) is 13.2 Å². The van der Waals surface area contributed by atoms with Crippen molar-refractivity contribution in [3.63, 3.8) is 0 Å². The standard InChI is InChI=1S/C13H21N3O3/c17-13(15-5-4-11-7-14-10-16-11)9-18-8-12-3-1-2-6-19-12/h7,10,12H,1-6,8-9H2,(H,14,16)(H,15,17)/t12-/m1/s1. The fourth-order valence-electron chi connectivity index (χ4n) is 2.03. The number of amides is 1. The molecular formula is C13H21N3O3. The number of carbonyl (C=O) groups excluding carboxylic acids is 1. The summed E-state index contributed by atoms with van der Waals surface area (Å²) in [6.45, 7) is 2.01. The van der Waals surface area contributed by atoms with Crippen molar-refractivity contribution in [1.29, 1.82) is 0 Å². The van der Waals surface area contributed by atoms with Crippen LogP contribution in [0.15, 0.2) is 12.5 Å². The predicted molar refractivity (Wildman–Crippen MR) is 69.7 cm³/mol. The Hall–Kier alpha value is -1.40. The van der Waals surface area contributed by atoms with E-state index in [1.807, 2.05) is 0 Å². The number of ether oxygens (including phenoxy) is 2. The zero-order valence-electron chi connectivity index (χ0n) is 11.1. The average molecular weight is 267 g/mol. The summed E-state index contributed by atoms with van der Waals surface area (Å²) in [5.41, 5.74) is 1.01. The monoisotopic (exact) mass is 267 g/mol. The molecule has 106 valence electrons. The van der Waals surface area contributed by atoms with Gasteiger partial charge in [0.15, 0.2) is 0 Å². The van der Waals surface area contributed by atoms with Gasteiger partial charge in [-0.25, -0.2) is 4.98 Å². The van der Waals surface area contributed by atoms with Crippen LogP contribution in [0.1, 0.15) is 25.0 Å². The minimum atomic E-state index is -0.0877. The second-order valence-corrected chi connectivity index (χ2v) is 4.68. The van der Waals surface area contributed by atoms with Crippen molar-refractivity contribution in [3.8, 4) is 0 Å². The van der Waals surface area contributed by atoms with Crippen LogP contribution in [0.5, 0.6) is 0 Å². The highest BCUT2D eigenvalue weighted by Gasteiger charge is 2.14. The summed E-state index contributed by atoms with van der Waals surface area (Å²) in [4.78, 5) is 18.4. The van der Waals surface area contributed by atoms with Crippen molar-refractivity contribution in [3.05, 3.63) is 18.2 Å². The van der Waals surface area contributed by atoms with Crippen LogP contribution < -0.4 is 5.32 Å². The maximum atomic E-state index is 11.5. The number of imidazole rings is 1. The van der Waals surface area contributed by atoms with Crippen LogP contribution in [-0.4, -0.2) is 48.3 Å². The molecular weight excluding hydrogens is 246 g/mol. The molecule has 0 aromatic carbocycles. The van der Waals surface area contributed by atoms with Gasteiger partial charge in [-0.3, -0.25) is 4.79 Å². The third-order valence-corrected chi connectivity index (χ3v) is 3.08. The topological polar surface area (TPSA) is 76.2 Å². The van der Waals surface area contributed by atoms with E-state index in [1.165, 1.54) is 6.42 Å². The molecule has 0 aliphatic carbocycles. The number of hydrogen-bond acceptors (Lipinski definition) is 4. The van der Waals surface area contributed by atoms with Crippen molar-refractivity contribution in [1.82, 2.24) is 15.3 Å². The smallest absolute Gasteiger partial charge is 0.246 e. The molecule has 19 heavy (non-hydrogen) atoms. The molecule has 1 aliphatic heterocycles.